The minimum atomic E-state index is -0.602. The zero-order chi connectivity index (χ0) is 24.3. The molecule has 1 N–H and O–H groups in total. The fourth-order valence-corrected chi connectivity index (χ4v) is 3.05. The van der Waals surface area contributed by atoms with Gasteiger partial charge in [-0.1, -0.05) is 24.3 Å². The molecule has 0 fully saturated rings. The van der Waals surface area contributed by atoms with Gasteiger partial charge in [-0.3, -0.25) is 5.32 Å². The van der Waals surface area contributed by atoms with Gasteiger partial charge in [-0.2, -0.15) is 0 Å². The molecule has 180 valence electrons. The van der Waals surface area contributed by atoms with Gasteiger partial charge in [0.15, 0.2) is 6.10 Å². The van der Waals surface area contributed by atoms with Gasteiger partial charge in [-0.25, -0.2) is 9.59 Å². The van der Waals surface area contributed by atoms with E-state index < -0.39 is 17.8 Å². The van der Waals surface area contributed by atoms with Crippen LogP contribution in [0.3, 0.4) is 0 Å². The first kappa shape index (κ1) is 26.2. The zero-order valence-corrected chi connectivity index (χ0v) is 20.2. The standard InChI is InChI=1S/C26H35NO6/c1-6-30-23(24(28)31-7-2)18-20-10-14-22(15-11-20)32-17-16-19-8-12-21(13-9-19)27-25(29)33-26(3,4)5/h8-15,23H,6-7,16-18H2,1-5H3,(H,27,29). The number of amides is 1. The Labute approximate surface area is 196 Å². The van der Waals surface area contributed by atoms with Crippen molar-refractivity contribution in [1.29, 1.82) is 0 Å². The highest BCUT2D eigenvalue weighted by molar-refractivity contribution is 5.84. The molecule has 33 heavy (non-hydrogen) atoms. The summed E-state index contributed by atoms with van der Waals surface area (Å²) in [5.41, 5.74) is 2.21. The van der Waals surface area contributed by atoms with Crippen molar-refractivity contribution in [2.24, 2.45) is 0 Å². The van der Waals surface area contributed by atoms with Crippen LogP contribution in [0, 0.1) is 0 Å². The van der Waals surface area contributed by atoms with Crippen molar-refractivity contribution < 1.29 is 28.5 Å². The van der Waals surface area contributed by atoms with Gasteiger partial charge in [-0.15, -0.1) is 0 Å². The summed E-state index contributed by atoms with van der Waals surface area (Å²) in [5, 5.41) is 2.72. The number of anilines is 1. The summed E-state index contributed by atoms with van der Waals surface area (Å²) in [6, 6.07) is 15.2. The van der Waals surface area contributed by atoms with Crippen LogP contribution >= 0.6 is 0 Å². The number of benzene rings is 2. The number of carbonyl (C=O) groups is 2. The van der Waals surface area contributed by atoms with Gasteiger partial charge in [0, 0.05) is 25.1 Å². The Morgan fingerprint density at radius 1 is 0.909 bits per heavy atom. The highest BCUT2D eigenvalue weighted by Crippen LogP contribution is 2.17. The highest BCUT2D eigenvalue weighted by atomic mass is 16.6. The quantitative estimate of drug-likeness (QED) is 0.469. The monoisotopic (exact) mass is 457 g/mol. The molecule has 1 atom stereocenters. The van der Waals surface area contributed by atoms with Gasteiger partial charge in [0.05, 0.1) is 13.2 Å². The molecule has 1 amide bonds. The molecular weight excluding hydrogens is 422 g/mol. The van der Waals surface area contributed by atoms with Crippen LogP contribution in [0.25, 0.3) is 0 Å². The fraction of sp³-hybridized carbons (Fsp3) is 0.462. The summed E-state index contributed by atoms with van der Waals surface area (Å²) in [6.45, 7) is 10.4. The van der Waals surface area contributed by atoms with Crippen LogP contribution in [0.4, 0.5) is 10.5 Å². The molecule has 0 bridgehead atoms. The third-order valence-electron chi connectivity index (χ3n) is 4.52. The number of hydrogen-bond donors (Lipinski definition) is 1. The molecule has 0 aliphatic rings. The van der Waals surface area contributed by atoms with Gasteiger partial charge < -0.3 is 18.9 Å². The van der Waals surface area contributed by atoms with Crippen LogP contribution in [-0.4, -0.2) is 43.6 Å². The van der Waals surface area contributed by atoms with E-state index in [1.165, 1.54) is 0 Å². The smallest absolute Gasteiger partial charge is 0.412 e. The molecule has 0 spiro atoms. The maximum absolute atomic E-state index is 12.0. The van der Waals surface area contributed by atoms with Crippen molar-refractivity contribution in [3.8, 4) is 5.75 Å². The third kappa shape index (κ3) is 9.95. The summed E-state index contributed by atoms with van der Waals surface area (Å²) >= 11 is 0. The summed E-state index contributed by atoms with van der Waals surface area (Å²) in [5.74, 6) is 0.415. The van der Waals surface area contributed by atoms with Crippen molar-refractivity contribution >= 4 is 17.7 Å². The Kier molecular flexibility index (Phi) is 10.2. The van der Waals surface area contributed by atoms with Crippen LogP contribution < -0.4 is 10.1 Å². The summed E-state index contributed by atoms with van der Waals surface area (Å²) in [6.07, 6.45) is 0.103. The SMILES string of the molecule is CCOC(=O)C(Cc1ccc(OCCc2ccc(NC(=O)OC(C)(C)C)cc2)cc1)OCC. The van der Waals surface area contributed by atoms with Gasteiger partial charge in [-0.05, 0) is 70.0 Å². The Balaban J connectivity index is 1.80. The molecule has 0 aliphatic heterocycles. The molecule has 0 aliphatic carbocycles. The van der Waals surface area contributed by atoms with Crippen LogP contribution in [0.15, 0.2) is 48.5 Å². The first-order chi connectivity index (χ1) is 15.7. The van der Waals surface area contributed by atoms with Gasteiger partial charge in [0.2, 0.25) is 0 Å². The molecule has 7 heteroatoms. The largest absolute Gasteiger partial charge is 0.493 e. The average Bonchev–Trinajstić information content (AvgIpc) is 2.74. The van der Waals surface area contributed by atoms with E-state index in [1.807, 2.05) is 76.2 Å². The Morgan fingerprint density at radius 2 is 1.55 bits per heavy atom. The number of rotatable bonds is 11. The number of ether oxygens (including phenoxy) is 4. The van der Waals surface area contributed by atoms with Crippen molar-refractivity contribution in [3.05, 3.63) is 59.7 Å². The van der Waals surface area contributed by atoms with E-state index in [1.54, 1.807) is 6.92 Å². The first-order valence-corrected chi connectivity index (χ1v) is 11.3. The third-order valence-corrected chi connectivity index (χ3v) is 4.52. The maximum atomic E-state index is 12.0. The summed E-state index contributed by atoms with van der Waals surface area (Å²) in [7, 11) is 0. The Hall–Kier alpha value is -3.06. The fourth-order valence-electron chi connectivity index (χ4n) is 3.05. The minimum Gasteiger partial charge on any atom is -0.493 e. The van der Waals surface area contributed by atoms with E-state index in [9.17, 15) is 9.59 Å². The molecular formula is C26H35NO6. The van der Waals surface area contributed by atoms with Crippen molar-refractivity contribution in [2.75, 3.05) is 25.1 Å². The van der Waals surface area contributed by atoms with Crippen LogP contribution in [0.1, 0.15) is 45.7 Å². The predicted octanol–water partition coefficient (Wildman–Crippen LogP) is 5.17. The maximum Gasteiger partial charge on any atom is 0.412 e. The van der Waals surface area contributed by atoms with Crippen LogP contribution in [0.5, 0.6) is 5.75 Å². The van der Waals surface area contributed by atoms with E-state index in [0.717, 1.165) is 23.3 Å². The lowest BCUT2D eigenvalue weighted by Gasteiger charge is -2.19. The molecule has 1 unspecified atom stereocenters. The first-order valence-electron chi connectivity index (χ1n) is 11.3. The average molecular weight is 458 g/mol. The zero-order valence-electron chi connectivity index (χ0n) is 20.2. The van der Waals surface area contributed by atoms with Crippen molar-refractivity contribution in [2.45, 2.75) is 59.2 Å². The molecule has 0 radical (unpaired) electrons. The second kappa shape index (κ2) is 12.8. The minimum absolute atomic E-state index is 0.332. The van der Waals surface area contributed by atoms with Gasteiger partial charge in [0.1, 0.15) is 11.4 Å². The number of carbonyl (C=O) groups excluding carboxylic acids is 2. The van der Waals surface area contributed by atoms with E-state index in [0.29, 0.717) is 31.9 Å². The summed E-state index contributed by atoms with van der Waals surface area (Å²) in [4.78, 5) is 23.8. The molecule has 2 aromatic carbocycles. The molecule has 0 saturated carbocycles. The van der Waals surface area contributed by atoms with E-state index in [2.05, 4.69) is 5.32 Å². The van der Waals surface area contributed by atoms with Crippen LogP contribution in [0.2, 0.25) is 0 Å². The topological polar surface area (TPSA) is 83.1 Å². The second-order valence-corrected chi connectivity index (χ2v) is 8.47. The normalized spacial score (nSPS) is 12.0. The molecule has 0 aromatic heterocycles. The second-order valence-electron chi connectivity index (χ2n) is 8.47. The molecule has 0 saturated heterocycles. The molecule has 2 aromatic rings. The van der Waals surface area contributed by atoms with Crippen molar-refractivity contribution in [1.82, 2.24) is 0 Å². The Bertz CT molecular complexity index is 871. The lowest BCUT2D eigenvalue weighted by molar-refractivity contribution is -0.156. The molecule has 2 rings (SSSR count). The lowest BCUT2D eigenvalue weighted by atomic mass is 10.1. The number of esters is 1. The van der Waals surface area contributed by atoms with E-state index in [-0.39, 0.29) is 5.97 Å². The number of nitrogens with one attached hydrogen (secondary N) is 1. The number of hydrogen-bond acceptors (Lipinski definition) is 6. The summed E-state index contributed by atoms with van der Waals surface area (Å²) < 4.78 is 21.7. The highest BCUT2D eigenvalue weighted by Gasteiger charge is 2.20. The van der Waals surface area contributed by atoms with Crippen LogP contribution in [-0.2, 0) is 31.8 Å². The molecule has 0 heterocycles. The molecule has 7 nitrogen and oxygen atoms in total. The predicted molar refractivity (Wildman–Crippen MR) is 128 cm³/mol. The van der Waals surface area contributed by atoms with Gasteiger partial charge in [0.25, 0.3) is 0 Å². The van der Waals surface area contributed by atoms with Gasteiger partial charge >= 0.3 is 12.1 Å². The van der Waals surface area contributed by atoms with E-state index >= 15 is 0 Å². The Morgan fingerprint density at radius 3 is 2.12 bits per heavy atom. The van der Waals surface area contributed by atoms with E-state index in [4.69, 9.17) is 18.9 Å². The van der Waals surface area contributed by atoms with Crippen molar-refractivity contribution in [3.63, 3.8) is 0 Å². The lowest BCUT2D eigenvalue weighted by Crippen LogP contribution is -2.28.